The molecule has 0 aromatic carbocycles. The molecule has 0 radical (unpaired) electrons. The van der Waals surface area contributed by atoms with Crippen LogP contribution in [0, 0.1) is 6.92 Å². The van der Waals surface area contributed by atoms with Gasteiger partial charge in [-0.3, -0.25) is 9.69 Å². The van der Waals surface area contributed by atoms with Gasteiger partial charge in [0.1, 0.15) is 10.8 Å². The molecule has 2 heterocycles. The highest BCUT2D eigenvalue weighted by Crippen LogP contribution is 2.25. The number of rotatable bonds is 2. The normalized spacial score (nSPS) is 20.3. The molecule has 0 saturated carbocycles. The summed E-state index contributed by atoms with van der Waals surface area (Å²) in [5.41, 5.74) is 1.07. The van der Waals surface area contributed by atoms with Gasteiger partial charge in [-0.1, -0.05) is 0 Å². The fraction of sp³-hybridized carbons (Fsp3) is 0.600. The lowest BCUT2D eigenvalue weighted by atomic mass is 10.3. The molecule has 3 nitrogen and oxygen atoms in total. The van der Waals surface area contributed by atoms with Crippen LogP contribution in [0.2, 0.25) is 0 Å². The van der Waals surface area contributed by atoms with Crippen LogP contribution >= 0.6 is 11.3 Å². The van der Waals surface area contributed by atoms with E-state index in [0.717, 1.165) is 17.2 Å². The molecule has 1 atom stereocenters. The number of Topliss-reactive ketones (excluding diaryl/α,β-unsaturated/α-hetero) is 1. The third-order valence-corrected chi connectivity index (χ3v) is 3.73. The number of carbonyl (C=O) groups excluding carboxylic acids is 1. The molecule has 0 bridgehead atoms. The Kier molecular flexibility index (Phi) is 2.65. The summed E-state index contributed by atoms with van der Waals surface area (Å²) in [6.07, 6.45) is 0.703. The third kappa shape index (κ3) is 1.86. The monoisotopic (exact) mass is 210 g/mol. The Morgan fingerprint density at radius 1 is 1.64 bits per heavy atom. The molecule has 1 aromatic heterocycles. The Morgan fingerprint density at radius 3 is 2.93 bits per heavy atom. The molecule has 1 fully saturated rings. The van der Waals surface area contributed by atoms with Crippen LogP contribution in [-0.4, -0.2) is 28.8 Å². The summed E-state index contributed by atoms with van der Waals surface area (Å²) in [5.74, 6) is 0.352. The standard InChI is InChI=1S/C10H14N2OS/c1-7-6-14-10(11-7)8(2)12-4-3-9(13)5-12/h6,8H,3-5H2,1-2H3. The van der Waals surface area contributed by atoms with E-state index in [0.29, 0.717) is 24.8 Å². The maximum Gasteiger partial charge on any atom is 0.148 e. The van der Waals surface area contributed by atoms with Gasteiger partial charge in [-0.15, -0.1) is 11.3 Å². The van der Waals surface area contributed by atoms with Gasteiger partial charge in [0, 0.05) is 24.0 Å². The number of aromatic nitrogens is 1. The van der Waals surface area contributed by atoms with Crippen LogP contribution in [0.5, 0.6) is 0 Å². The molecule has 1 aliphatic rings. The molecular formula is C10H14N2OS. The lowest BCUT2D eigenvalue weighted by Gasteiger charge is -2.20. The second-order valence-electron chi connectivity index (χ2n) is 3.76. The van der Waals surface area contributed by atoms with Crippen LogP contribution in [0.3, 0.4) is 0 Å². The lowest BCUT2D eigenvalue weighted by Crippen LogP contribution is -2.24. The van der Waals surface area contributed by atoms with Crippen molar-refractivity contribution < 1.29 is 4.79 Å². The van der Waals surface area contributed by atoms with Crippen LogP contribution < -0.4 is 0 Å². The fourth-order valence-electron chi connectivity index (χ4n) is 1.70. The summed E-state index contributed by atoms with van der Waals surface area (Å²) < 4.78 is 0. The Morgan fingerprint density at radius 2 is 2.43 bits per heavy atom. The van der Waals surface area contributed by atoms with Gasteiger partial charge in [-0.25, -0.2) is 4.98 Å². The van der Waals surface area contributed by atoms with Crippen molar-refractivity contribution in [1.82, 2.24) is 9.88 Å². The fourth-order valence-corrected chi connectivity index (χ4v) is 2.59. The zero-order valence-electron chi connectivity index (χ0n) is 8.49. The Balaban J connectivity index is 2.08. The van der Waals surface area contributed by atoms with Gasteiger partial charge in [0.15, 0.2) is 0 Å². The summed E-state index contributed by atoms with van der Waals surface area (Å²) in [5, 5.41) is 3.18. The first-order valence-electron chi connectivity index (χ1n) is 4.84. The van der Waals surface area contributed by atoms with Crippen molar-refractivity contribution in [2.24, 2.45) is 0 Å². The van der Waals surface area contributed by atoms with Gasteiger partial charge in [-0.2, -0.15) is 0 Å². The van der Waals surface area contributed by atoms with Crippen molar-refractivity contribution in [3.63, 3.8) is 0 Å². The second kappa shape index (κ2) is 3.79. The largest absolute Gasteiger partial charge is 0.298 e. The average Bonchev–Trinajstić information content (AvgIpc) is 2.73. The maximum absolute atomic E-state index is 11.1. The lowest BCUT2D eigenvalue weighted by molar-refractivity contribution is -0.117. The first-order chi connectivity index (χ1) is 6.66. The third-order valence-electron chi connectivity index (χ3n) is 2.60. The summed E-state index contributed by atoms with van der Waals surface area (Å²) in [6, 6.07) is 0.292. The molecule has 1 aromatic rings. The molecule has 4 heteroatoms. The van der Waals surface area contributed by atoms with E-state index in [1.165, 1.54) is 0 Å². The zero-order valence-corrected chi connectivity index (χ0v) is 9.30. The number of hydrogen-bond acceptors (Lipinski definition) is 4. The van der Waals surface area contributed by atoms with E-state index >= 15 is 0 Å². The van der Waals surface area contributed by atoms with Crippen molar-refractivity contribution in [1.29, 1.82) is 0 Å². The maximum atomic E-state index is 11.1. The van der Waals surface area contributed by atoms with Gasteiger partial charge >= 0.3 is 0 Å². The van der Waals surface area contributed by atoms with E-state index in [4.69, 9.17) is 0 Å². The molecular weight excluding hydrogens is 196 g/mol. The molecule has 1 aliphatic heterocycles. The number of thiazole rings is 1. The second-order valence-corrected chi connectivity index (χ2v) is 4.65. The minimum Gasteiger partial charge on any atom is -0.298 e. The molecule has 0 amide bonds. The molecule has 2 rings (SSSR count). The highest BCUT2D eigenvalue weighted by Gasteiger charge is 2.25. The zero-order chi connectivity index (χ0) is 10.1. The Bertz CT molecular complexity index is 348. The average molecular weight is 210 g/mol. The highest BCUT2D eigenvalue weighted by atomic mass is 32.1. The topological polar surface area (TPSA) is 33.2 Å². The molecule has 0 spiro atoms. The molecule has 14 heavy (non-hydrogen) atoms. The molecule has 0 N–H and O–H groups in total. The van der Waals surface area contributed by atoms with Crippen molar-refractivity contribution in [2.75, 3.05) is 13.1 Å². The minimum absolute atomic E-state index is 0.292. The predicted octanol–water partition coefficient (Wildman–Crippen LogP) is 1.79. The van der Waals surface area contributed by atoms with Crippen molar-refractivity contribution >= 4 is 17.1 Å². The van der Waals surface area contributed by atoms with Gasteiger partial charge in [-0.05, 0) is 13.8 Å². The molecule has 76 valence electrons. The van der Waals surface area contributed by atoms with Crippen molar-refractivity contribution in [2.45, 2.75) is 26.3 Å². The van der Waals surface area contributed by atoms with E-state index in [1.54, 1.807) is 11.3 Å². The van der Waals surface area contributed by atoms with E-state index in [9.17, 15) is 4.79 Å². The van der Waals surface area contributed by atoms with Crippen LogP contribution in [-0.2, 0) is 4.79 Å². The van der Waals surface area contributed by atoms with Crippen molar-refractivity contribution in [3.8, 4) is 0 Å². The number of hydrogen-bond donors (Lipinski definition) is 0. The first kappa shape index (κ1) is 9.80. The van der Waals surface area contributed by atoms with E-state index in [-0.39, 0.29) is 0 Å². The number of carbonyl (C=O) groups is 1. The summed E-state index contributed by atoms with van der Waals surface area (Å²) >= 11 is 1.68. The minimum atomic E-state index is 0.292. The number of ketones is 1. The van der Waals surface area contributed by atoms with Gasteiger partial charge in [0.05, 0.1) is 12.6 Å². The van der Waals surface area contributed by atoms with E-state index in [2.05, 4.69) is 22.2 Å². The van der Waals surface area contributed by atoms with Gasteiger partial charge in [0.2, 0.25) is 0 Å². The summed E-state index contributed by atoms with van der Waals surface area (Å²) in [4.78, 5) is 17.8. The van der Waals surface area contributed by atoms with Crippen LogP contribution in [0.1, 0.15) is 30.1 Å². The highest BCUT2D eigenvalue weighted by molar-refractivity contribution is 7.09. The van der Waals surface area contributed by atoms with E-state index < -0.39 is 0 Å². The Labute approximate surface area is 87.8 Å². The number of nitrogens with zero attached hydrogens (tertiary/aromatic N) is 2. The number of likely N-dealkylation sites (tertiary alicyclic amines) is 1. The molecule has 0 aliphatic carbocycles. The Hall–Kier alpha value is -0.740. The first-order valence-corrected chi connectivity index (χ1v) is 5.72. The summed E-state index contributed by atoms with van der Waals surface area (Å²) in [6.45, 7) is 5.61. The van der Waals surface area contributed by atoms with Gasteiger partial charge in [0.25, 0.3) is 0 Å². The molecule has 1 unspecified atom stereocenters. The number of aryl methyl sites for hydroxylation is 1. The predicted molar refractivity (Wildman–Crippen MR) is 56.5 cm³/mol. The quantitative estimate of drug-likeness (QED) is 0.746. The smallest absolute Gasteiger partial charge is 0.148 e. The van der Waals surface area contributed by atoms with Gasteiger partial charge < -0.3 is 0 Å². The SMILES string of the molecule is Cc1csc(C(C)N2CCC(=O)C2)n1. The molecule has 1 saturated heterocycles. The van der Waals surface area contributed by atoms with Crippen molar-refractivity contribution in [3.05, 3.63) is 16.1 Å². The van der Waals surface area contributed by atoms with Crippen LogP contribution in [0.25, 0.3) is 0 Å². The van der Waals surface area contributed by atoms with Crippen LogP contribution in [0.15, 0.2) is 5.38 Å². The summed E-state index contributed by atoms with van der Waals surface area (Å²) in [7, 11) is 0. The van der Waals surface area contributed by atoms with E-state index in [1.807, 2.05) is 6.92 Å². The van der Waals surface area contributed by atoms with Crippen LogP contribution in [0.4, 0.5) is 0 Å².